The highest BCUT2D eigenvalue weighted by Crippen LogP contribution is 2.16. The van der Waals surface area contributed by atoms with Crippen molar-refractivity contribution in [2.45, 2.75) is 20.3 Å². The van der Waals surface area contributed by atoms with Gasteiger partial charge in [0.2, 0.25) is 0 Å². The summed E-state index contributed by atoms with van der Waals surface area (Å²) in [5, 5.41) is 4.14. The lowest BCUT2D eigenvalue weighted by atomic mass is 10.1. The van der Waals surface area contributed by atoms with Crippen LogP contribution in [0.2, 0.25) is 5.02 Å². The van der Waals surface area contributed by atoms with Crippen LogP contribution in [-0.2, 0) is 0 Å². The van der Waals surface area contributed by atoms with Crippen LogP contribution in [0, 0.1) is 13.8 Å². The summed E-state index contributed by atoms with van der Waals surface area (Å²) in [7, 11) is 0. The molecule has 106 valence electrons. The summed E-state index contributed by atoms with van der Waals surface area (Å²) in [6, 6.07) is 13.9. The van der Waals surface area contributed by atoms with E-state index in [1.54, 1.807) is 0 Å². The first-order valence-electron chi connectivity index (χ1n) is 6.84. The Hall–Kier alpha value is -1.67. The van der Waals surface area contributed by atoms with E-state index < -0.39 is 0 Å². The Morgan fingerprint density at radius 1 is 1.00 bits per heavy atom. The van der Waals surface area contributed by atoms with Crippen molar-refractivity contribution in [3.63, 3.8) is 0 Å². The van der Waals surface area contributed by atoms with Gasteiger partial charge in [-0.2, -0.15) is 0 Å². The van der Waals surface area contributed by atoms with Gasteiger partial charge >= 0.3 is 0 Å². The van der Waals surface area contributed by atoms with Crippen LogP contribution in [0.25, 0.3) is 0 Å². The second-order valence-corrected chi connectivity index (χ2v) is 5.32. The van der Waals surface area contributed by atoms with Crippen LogP contribution in [-0.4, -0.2) is 13.2 Å². The standard InChI is InChI=1S/C17H20ClNO/c1-13-4-7-16(12-14(13)2)19-10-3-11-20-17-8-5-15(18)6-9-17/h4-9,12,19H,3,10-11H2,1-2H3. The fourth-order valence-electron chi connectivity index (χ4n) is 1.88. The Balaban J connectivity index is 1.68. The molecule has 0 amide bonds. The van der Waals surface area contributed by atoms with E-state index in [0.717, 1.165) is 23.7 Å². The Labute approximate surface area is 125 Å². The highest BCUT2D eigenvalue weighted by atomic mass is 35.5. The number of aryl methyl sites for hydroxylation is 2. The molecule has 2 aromatic carbocycles. The molecule has 0 saturated carbocycles. The normalized spacial score (nSPS) is 10.3. The van der Waals surface area contributed by atoms with Gasteiger partial charge in [0.15, 0.2) is 0 Å². The first-order valence-corrected chi connectivity index (χ1v) is 7.22. The molecule has 1 N–H and O–H groups in total. The number of benzene rings is 2. The smallest absolute Gasteiger partial charge is 0.119 e. The van der Waals surface area contributed by atoms with Crippen LogP contribution in [0.4, 0.5) is 5.69 Å². The van der Waals surface area contributed by atoms with Crippen molar-refractivity contribution in [2.24, 2.45) is 0 Å². The average Bonchev–Trinajstić information content (AvgIpc) is 2.44. The molecular weight excluding hydrogens is 270 g/mol. The third kappa shape index (κ3) is 4.46. The van der Waals surface area contributed by atoms with Crippen molar-refractivity contribution in [3.8, 4) is 5.75 Å². The van der Waals surface area contributed by atoms with Gasteiger partial charge < -0.3 is 10.1 Å². The highest BCUT2D eigenvalue weighted by Gasteiger charge is 1.97. The molecule has 0 heterocycles. The largest absolute Gasteiger partial charge is 0.494 e. The quantitative estimate of drug-likeness (QED) is 0.769. The molecule has 0 aliphatic rings. The predicted octanol–water partition coefficient (Wildman–Crippen LogP) is 4.84. The predicted molar refractivity (Wildman–Crippen MR) is 86.0 cm³/mol. The molecule has 2 rings (SSSR count). The third-order valence-corrected chi connectivity index (χ3v) is 3.49. The molecule has 0 spiro atoms. The minimum Gasteiger partial charge on any atom is -0.494 e. The van der Waals surface area contributed by atoms with Crippen LogP contribution in [0.3, 0.4) is 0 Å². The van der Waals surface area contributed by atoms with Gasteiger partial charge in [-0.1, -0.05) is 17.7 Å². The summed E-state index contributed by atoms with van der Waals surface area (Å²) < 4.78 is 5.64. The van der Waals surface area contributed by atoms with Gasteiger partial charge in [0, 0.05) is 17.3 Å². The summed E-state index contributed by atoms with van der Waals surface area (Å²) in [6.45, 7) is 5.85. The van der Waals surface area contributed by atoms with E-state index in [2.05, 4.69) is 37.4 Å². The van der Waals surface area contributed by atoms with E-state index in [1.807, 2.05) is 24.3 Å². The lowest BCUT2D eigenvalue weighted by Gasteiger charge is -2.09. The number of halogens is 1. The minimum atomic E-state index is 0.694. The van der Waals surface area contributed by atoms with Crippen molar-refractivity contribution < 1.29 is 4.74 Å². The topological polar surface area (TPSA) is 21.3 Å². The van der Waals surface area contributed by atoms with E-state index in [4.69, 9.17) is 16.3 Å². The zero-order valence-corrected chi connectivity index (χ0v) is 12.7. The van der Waals surface area contributed by atoms with Gasteiger partial charge in [-0.25, -0.2) is 0 Å². The van der Waals surface area contributed by atoms with E-state index >= 15 is 0 Å². The second-order valence-electron chi connectivity index (χ2n) is 4.88. The molecule has 0 fully saturated rings. The Kier molecular flexibility index (Phi) is 5.31. The highest BCUT2D eigenvalue weighted by molar-refractivity contribution is 6.30. The van der Waals surface area contributed by atoms with Crippen LogP contribution >= 0.6 is 11.6 Å². The third-order valence-electron chi connectivity index (χ3n) is 3.24. The molecule has 0 atom stereocenters. The zero-order valence-electron chi connectivity index (χ0n) is 11.9. The van der Waals surface area contributed by atoms with Crippen molar-refractivity contribution in [1.29, 1.82) is 0 Å². The lowest BCUT2D eigenvalue weighted by Crippen LogP contribution is -2.07. The Morgan fingerprint density at radius 2 is 1.75 bits per heavy atom. The van der Waals surface area contributed by atoms with E-state index in [9.17, 15) is 0 Å². The maximum absolute atomic E-state index is 5.82. The van der Waals surface area contributed by atoms with Crippen LogP contribution in [0.1, 0.15) is 17.5 Å². The van der Waals surface area contributed by atoms with Crippen molar-refractivity contribution in [3.05, 3.63) is 58.6 Å². The van der Waals surface area contributed by atoms with E-state index in [0.29, 0.717) is 6.61 Å². The zero-order chi connectivity index (χ0) is 14.4. The van der Waals surface area contributed by atoms with E-state index in [-0.39, 0.29) is 0 Å². The van der Waals surface area contributed by atoms with Gasteiger partial charge in [0.25, 0.3) is 0 Å². The second kappa shape index (κ2) is 7.20. The van der Waals surface area contributed by atoms with Crippen molar-refractivity contribution in [2.75, 3.05) is 18.5 Å². The van der Waals surface area contributed by atoms with Crippen molar-refractivity contribution >= 4 is 17.3 Å². The fourth-order valence-corrected chi connectivity index (χ4v) is 2.00. The Bertz CT molecular complexity index is 551. The maximum Gasteiger partial charge on any atom is 0.119 e. The molecule has 0 bridgehead atoms. The summed E-state index contributed by atoms with van der Waals surface area (Å²) in [5.74, 6) is 0.862. The van der Waals surface area contributed by atoms with Crippen LogP contribution in [0.5, 0.6) is 5.75 Å². The first kappa shape index (κ1) is 14.7. The molecule has 0 unspecified atom stereocenters. The van der Waals surface area contributed by atoms with Crippen molar-refractivity contribution in [1.82, 2.24) is 0 Å². The summed E-state index contributed by atoms with van der Waals surface area (Å²) in [6.07, 6.45) is 0.954. The SMILES string of the molecule is Cc1ccc(NCCCOc2ccc(Cl)cc2)cc1C. The summed E-state index contributed by atoms with van der Waals surface area (Å²) in [5.41, 5.74) is 3.80. The van der Waals surface area contributed by atoms with Gasteiger partial charge in [0.05, 0.1) is 6.61 Å². The molecule has 0 aliphatic heterocycles. The molecule has 0 saturated heterocycles. The monoisotopic (exact) mass is 289 g/mol. The molecule has 0 radical (unpaired) electrons. The first-order chi connectivity index (χ1) is 9.65. The van der Waals surface area contributed by atoms with Crippen LogP contribution < -0.4 is 10.1 Å². The number of hydrogen-bond acceptors (Lipinski definition) is 2. The number of rotatable bonds is 6. The van der Waals surface area contributed by atoms with Gasteiger partial charge in [0.1, 0.15) is 5.75 Å². The van der Waals surface area contributed by atoms with Gasteiger partial charge in [-0.05, 0) is 67.8 Å². The molecule has 0 aliphatic carbocycles. The molecule has 20 heavy (non-hydrogen) atoms. The average molecular weight is 290 g/mol. The minimum absolute atomic E-state index is 0.694. The Morgan fingerprint density at radius 3 is 2.45 bits per heavy atom. The van der Waals surface area contributed by atoms with E-state index in [1.165, 1.54) is 16.8 Å². The fraction of sp³-hybridized carbons (Fsp3) is 0.294. The summed E-state index contributed by atoms with van der Waals surface area (Å²) >= 11 is 5.82. The van der Waals surface area contributed by atoms with Gasteiger partial charge in [-0.3, -0.25) is 0 Å². The molecule has 2 nitrogen and oxygen atoms in total. The lowest BCUT2D eigenvalue weighted by molar-refractivity contribution is 0.315. The number of anilines is 1. The van der Waals surface area contributed by atoms with Gasteiger partial charge in [-0.15, -0.1) is 0 Å². The molecule has 3 heteroatoms. The summed E-state index contributed by atoms with van der Waals surface area (Å²) in [4.78, 5) is 0. The number of nitrogens with one attached hydrogen (secondary N) is 1. The maximum atomic E-state index is 5.82. The van der Waals surface area contributed by atoms with Crippen LogP contribution in [0.15, 0.2) is 42.5 Å². The number of hydrogen-bond donors (Lipinski definition) is 1. The molecule has 0 aromatic heterocycles. The number of ether oxygens (including phenoxy) is 1. The molecule has 2 aromatic rings. The molecular formula is C17H20ClNO.